The Hall–Kier alpha value is -3.66. The molecule has 3 heterocycles. The van der Waals surface area contributed by atoms with Gasteiger partial charge in [0.25, 0.3) is 5.91 Å². The molecule has 1 saturated heterocycles. The van der Waals surface area contributed by atoms with Crippen molar-refractivity contribution in [2.24, 2.45) is 0 Å². The summed E-state index contributed by atoms with van der Waals surface area (Å²) in [6, 6.07) is 13.8. The van der Waals surface area contributed by atoms with Gasteiger partial charge in [-0.15, -0.1) is 0 Å². The smallest absolute Gasteiger partial charge is 0.319 e. The minimum Gasteiger partial charge on any atom is -0.319 e. The quantitative estimate of drug-likeness (QED) is 0.737. The number of carbonyl (C=O) groups is 2. The van der Waals surface area contributed by atoms with Crippen molar-refractivity contribution in [3.63, 3.8) is 0 Å². The van der Waals surface area contributed by atoms with Crippen LogP contribution in [-0.4, -0.2) is 26.2 Å². The van der Waals surface area contributed by atoms with E-state index < -0.39 is 11.6 Å². The summed E-state index contributed by atoms with van der Waals surface area (Å²) < 4.78 is 1.84. The van der Waals surface area contributed by atoms with Gasteiger partial charge in [0.15, 0.2) is 0 Å². The van der Waals surface area contributed by atoms with Gasteiger partial charge in [0.2, 0.25) is 0 Å². The monoisotopic (exact) mass is 345 g/mol. The lowest BCUT2D eigenvalue weighted by Gasteiger charge is -2.22. The average molecular weight is 345 g/mol. The van der Waals surface area contributed by atoms with Crippen molar-refractivity contribution in [2.75, 3.05) is 0 Å². The number of pyridine rings is 1. The van der Waals surface area contributed by atoms with E-state index in [1.807, 2.05) is 34.9 Å². The van der Waals surface area contributed by atoms with Gasteiger partial charge in [0.05, 0.1) is 23.9 Å². The molecule has 0 bridgehead atoms. The first-order chi connectivity index (χ1) is 12.5. The van der Waals surface area contributed by atoms with Gasteiger partial charge in [-0.25, -0.2) is 9.78 Å². The van der Waals surface area contributed by atoms with Crippen molar-refractivity contribution >= 4 is 17.6 Å². The van der Waals surface area contributed by atoms with Gasteiger partial charge in [0, 0.05) is 12.4 Å². The molecule has 1 fully saturated rings. The number of urea groups is 1. The Morgan fingerprint density at radius 3 is 2.65 bits per heavy atom. The summed E-state index contributed by atoms with van der Waals surface area (Å²) in [5, 5.41) is 11.7. The second-order valence-corrected chi connectivity index (χ2v) is 6.33. The molecule has 1 N–H and O–H groups in total. The van der Waals surface area contributed by atoms with E-state index >= 15 is 0 Å². The van der Waals surface area contributed by atoms with Gasteiger partial charge in [0.1, 0.15) is 11.2 Å². The number of hydrogen-bond donors (Lipinski definition) is 1. The SMILES string of the molecule is CC1(c2ccc(C#N)cc2)NC(=O)N(Cc2cn3ccccc3n2)C1=O. The Bertz CT molecular complexity index is 1030. The van der Waals surface area contributed by atoms with Crippen molar-refractivity contribution in [1.82, 2.24) is 19.6 Å². The second kappa shape index (κ2) is 5.70. The number of hydrogen-bond acceptors (Lipinski definition) is 4. The summed E-state index contributed by atoms with van der Waals surface area (Å²) in [6.07, 6.45) is 3.66. The number of nitrogens with zero attached hydrogens (tertiary/aromatic N) is 4. The molecule has 3 amide bonds. The third-order valence-corrected chi connectivity index (χ3v) is 4.60. The summed E-state index contributed by atoms with van der Waals surface area (Å²) in [5.41, 5.74) is 1.35. The third-order valence-electron chi connectivity index (χ3n) is 4.60. The van der Waals surface area contributed by atoms with Crippen molar-refractivity contribution in [1.29, 1.82) is 5.26 Å². The molecule has 3 aromatic rings. The zero-order valence-corrected chi connectivity index (χ0v) is 14.0. The van der Waals surface area contributed by atoms with E-state index in [1.165, 1.54) is 4.90 Å². The van der Waals surface area contributed by atoms with Crippen LogP contribution in [0.3, 0.4) is 0 Å². The van der Waals surface area contributed by atoms with Crippen LogP contribution in [0.25, 0.3) is 5.65 Å². The van der Waals surface area contributed by atoms with Crippen LogP contribution >= 0.6 is 0 Å². The lowest BCUT2D eigenvalue weighted by atomic mass is 9.91. The van der Waals surface area contributed by atoms with Crippen LogP contribution in [0.1, 0.15) is 23.7 Å². The molecule has 128 valence electrons. The lowest BCUT2D eigenvalue weighted by molar-refractivity contribution is -0.131. The minimum atomic E-state index is -1.16. The fourth-order valence-corrected chi connectivity index (χ4v) is 3.14. The predicted octanol–water partition coefficient (Wildman–Crippen LogP) is 2.17. The molecular weight excluding hydrogens is 330 g/mol. The number of nitriles is 1. The zero-order valence-electron chi connectivity index (χ0n) is 14.0. The molecule has 7 nitrogen and oxygen atoms in total. The number of aromatic nitrogens is 2. The van der Waals surface area contributed by atoms with Crippen LogP contribution in [0.5, 0.6) is 0 Å². The maximum Gasteiger partial charge on any atom is 0.325 e. The molecule has 7 heteroatoms. The van der Waals surface area contributed by atoms with Crippen molar-refractivity contribution in [2.45, 2.75) is 19.0 Å². The summed E-state index contributed by atoms with van der Waals surface area (Å²) in [7, 11) is 0. The predicted molar refractivity (Wildman–Crippen MR) is 92.8 cm³/mol. The Labute approximate surface area is 149 Å². The Kier molecular flexibility index (Phi) is 3.48. The molecule has 1 unspecified atom stereocenters. The maximum atomic E-state index is 13.0. The van der Waals surface area contributed by atoms with E-state index in [2.05, 4.69) is 10.3 Å². The van der Waals surface area contributed by atoms with E-state index in [1.54, 1.807) is 37.4 Å². The van der Waals surface area contributed by atoms with Crippen LogP contribution in [0, 0.1) is 11.3 Å². The number of fused-ring (bicyclic) bond motifs is 1. The number of carbonyl (C=O) groups excluding carboxylic acids is 2. The molecule has 1 aromatic carbocycles. The first kappa shape index (κ1) is 15.8. The number of benzene rings is 1. The highest BCUT2D eigenvalue weighted by molar-refractivity contribution is 6.07. The van der Waals surface area contributed by atoms with Crippen LogP contribution in [-0.2, 0) is 16.9 Å². The largest absolute Gasteiger partial charge is 0.325 e. The van der Waals surface area contributed by atoms with E-state index in [0.717, 1.165) is 5.65 Å². The fraction of sp³-hybridized carbons (Fsp3) is 0.158. The molecule has 0 spiro atoms. The van der Waals surface area contributed by atoms with Gasteiger partial charge < -0.3 is 9.72 Å². The molecule has 4 rings (SSSR count). The van der Waals surface area contributed by atoms with Crippen molar-refractivity contribution < 1.29 is 9.59 Å². The summed E-state index contributed by atoms with van der Waals surface area (Å²) in [6.45, 7) is 1.76. The van der Waals surface area contributed by atoms with E-state index in [9.17, 15) is 9.59 Å². The standard InChI is InChI=1S/C19H15N5O2/c1-19(14-7-5-13(10-20)6-8-14)17(25)24(18(26)22-19)12-15-11-23-9-3-2-4-16(23)21-15/h2-9,11H,12H2,1H3,(H,22,26). The molecule has 1 aliphatic heterocycles. The number of amides is 3. The molecule has 1 atom stereocenters. The summed E-state index contributed by atoms with van der Waals surface area (Å²) in [5.74, 6) is -0.343. The fourth-order valence-electron chi connectivity index (χ4n) is 3.14. The molecule has 0 radical (unpaired) electrons. The van der Waals surface area contributed by atoms with Gasteiger partial charge in [-0.2, -0.15) is 5.26 Å². The average Bonchev–Trinajstić information content (AvgIpc) is 3.16. The topological polar surface area (TPSA) is 90.5 Å². The minimum absolute atomic E-state index is 0.0955. The molecule has 0 aliphatic carbocycles. The van der Waals surface area contributed by atoms with Crippen LogP contribution in [0.2, 0.25) is 0 Å². The zero-order chi connectivity index (χ0) is 18.3. The molecule has 26 heavy (non-hydrogen) atoms. The lowest BCUT2D eigenvalue weighted by Crippen LogP contribution is -2.40. The number of nitrogens with one attached hydrogen (secondary N) is 1. The number of rotatable bonds is 3. The highest BCUT2D eigenvalue weighted by Gasteiger charge is 2.49. The van der Waals surface area contributed by atoms with Crippen LogP contribution in [0.4, 0.5) is 4.79 Å². The first-order valence-corrected chi connectivity index (χ1v) is 8.08. The van der Waals surface area contributed by atoms with Crippen molar-refractivity contribution in [3.05, 3.63) is 71.7 Å². The van der Waals surface area contributed by atoms with Crippen LogP contribution in [0.15, 0.2) is 54.9 Å². The van der Waals surface area contributed by atoms with E-state index in [0.29, 0.717) is 16.8 Å². The van der Waals surface area contributed by atoms with Gasteiger partial charge >= 0.3 is 6.03 Å². The van der Waals surface area contributed by atoms with Gasteiger partial charge in [-0.3, -0.25) is 9.69 Å². The van der Waals surface area contributed by atoms with Crippen LogP contribution < -0.4 is 5.32 Å². The molecule has 2 aromatic heterocycles. The Balaban J connectivity index is 1.63. The van der Waals surface area contributed by atoms with Gasteiger partial charge in [-0.05, 0) is 36.8 Å². The Morgan fingerprint density at radius 1 is 1.19 bits per heavy atom. The Morgan fingerprint density at radius 2 is 1.96 bits per heavy atom. The third kappa shape index (κ3) is 2.40. The summed E-state index contributed by atoms with van der Waals surface area (Å²) >= 11 is 0. The normalized spacial score (nSPS) is 19.6. The highest BCUT2D eigenvalue weighted by atomic mass is 16.2. The number of imide groups is 1. The number of imidazole rings is 1. The first-order valence-electron chi connectivity index (χ1n) is 8.08. The molecular formula is C19H15N5O2. The maximum absolute atomic E-state index is 13.0. The van der Waals surface area contributed by atoms with Crippen molar-refractivity contribution in [3.8, 4) is 6.07 Å². The van der Waals surface area contributed by atoms with E-state index in [4.69, 9.17) is 5.26 Å². The second-order valence-electron chi connectivity index (χ2n) is 6.33. The molecule has 1 aliphatic rings. The molecule has 0 saturated carbocycles. The van der Waals surface area contributed by atoms with Gasteiger partial charge in [-0.1, -0.05) is 18.2 Å². The summed E-state index contributed by atoms with van der Waals surface area (Å²) in [4.78, 5) is 31.0. The van der Waals surface area contributed by atoms with E-state index in [-0.39, 0.29) is 12.5 Å². The highest BCUT2D eigenvalue weighted by Crippen LogP contribution is 2.29.